The number of rotatable bonds is 9. The third-order valence-corrected chi connectivity index (χ3v) is 7.10. The molecule has 0 spiro atoms. The first-order chi connectivity index (χ1) is 15.3. The topological polar surface area (TPSA) is 112 Å². The van der Waals surface area contributed by atoms with E-state index < -0.39 is 10.0 Å². The zero-order valence-electron chi connectivity index (χ0n) is 17.9. The van der Waals surface area contributed by atoms with Gasteiger partial charge in [-0.3, -0.25) is 10.1 Å². The number of aryl methyl sites for hydroxylation is 2. The van der Waals surface area contributed by atoms with Gasteiger partial charge in [-0.25, -0.2) is 18.1 Å². The first kappa shape index (κ1) is 23.6. The number of nitrogens with zero attached hydrogens (tertiary/aromatic N) is 2. The molecule has 1 amide bonds. The fraction of sp³-hybridized carbons (Fsp3) is 0.261. The van der Waals surface area contributed by atoms with E-state index >= 15 is 0 Å². The highest BCUT2D eigenvalue weighted by molar-refractivity contribution is 7.89. The smallest absolute Gasteiger partial charge is 0.257 e. The lowest BCUT2D eigenvalue weighted by atomic mass is 10.1. The van der Waals surface area contributed by atoms with Crippen molar-refractivity contribution in [1.29, 1.82) is 5.26 Å². The zero-order chi connectivity index (χ0) is 23.1. The summed E-state index contributed by atoms with van der Waals surface area (Å²) in [4.78, 5) is 18.2. The predicted octanol–water partition coefficient (Wildman–Crippen LogP) is 4.52. The third-order valence-electron chi connectivity index (χ3n) is 4.74. The summed E-state index contributed by atoms with van der Waals surface area (Å²) in [6, 6.07) is 15.8. The molecule has 0 saturated heterocycles. The van der Waals surface area contributed by atoms with E-state index in [0.717, 1.165) is 29.0 Å². The number of amides is 1. The Kier molecular flexibility index (Phi) is 7.75. The second kappa shape index (κ2) is 10.5. The number of carbonyl (C=O) groups is 1. The Labute approximate surface area is 192 Å². The molecule has 0 atom stereocenters. The molecule has 0 radical (unpaired) electrons. The summed E-state index contributed by atoms with van der Waals surface area (Å²) in [5, 5.41) is 11.8. The molecule has 0 aliphatic rings. The number of aromatic nitrogens is 1. The van der Waals surface area contributed by atoms with Gasteiger partial charge in [0.25, 0.3) is 5.91 Å². The van der Waals surface area contributed by atoms with Crippen LogP contribution in [-0.4, -0.2) is 25.9 Å². The van der Waals surface area contributed by atoms with Crippen LogP contribution >= 0.6 is 11.3 Å². The lowest BCUT2D eigenvalue weighted by molar-refractivity contribution is 0.102. The average molecular weight is 469 g/mol. The number of nitrogens with one attached hydrogen (secondary N) is 2. The van der Waals surface area contributed by atoms with Crippen molar-refractivity contribution in [3.8, 4) is 17.3 Å². The molecule has 0 aliphatic carbocycles. The highest BCUT2D eigenvalue weighted by Crippen LogP contribution is 2.31. The van der Waals surface area contributed by atoms with E-state index in [-0.39, 0.29) is 23.8 Å². The summed E-state index contributed by atoms with van der Waals surface area (Å²) < 4.78 is 26.7. The summed E-state index contributed by atoms with van der Waals surface area (Å²) in [5.74, 6) is -0.370. The number of nitriles is 1. The summed E-state index contributed by atoms with van der Waals surface area (Å²) in [7, 11) is -3.72. The van der Waals surface area contributed by atoms with Gasteiger partial charge in [0, 0.05) is 29.0 Å². The van der Waals surface area contributed by atoms with E-state index in [2.05, 4.69) is 34.1 Å². The molecule has 7 nitrogen and oxygen atoms in total. The van der Waals surface area contributed by atoms with Gasteiger partial charge >= 0.3 is 0 Å². The molecule has 0 bridgehead atoms. The molecule has 3 aromatic rings. The third kappa shape index (κ3) is 5.79. The van der Waals surface area contributed by atoms with Gasteiger partial charge in [0.15, 0.2) is 5.13 Å². The lowest BCUT2D eigenvalue weighted by Crippen LogP contribution is -2.24. The first-order valence-corrected chi connectivity index (χ1v) is 12.5. The van der Waals surface area contributed by atoms with E-state index in [1.807, 2.05) is 25.1 Å². The number of benzene rings is 2. The van der Waals surface area contributed by atoms with Crippen molar-refractivity contribution in [2.75, 3.05) is 11.9 Å². The Balaban J connectivity index is 1.70. The van der Waals surface area contributed by atoms with Crippen LogP contribution in [0, 0.1) is 18.3 Å². The Bertz CT molecular complexity index is 1230. The van der Waals surface area contributed by atoms with Crippen LogP contribution in [0.3, 0.4) is 0 Å². The number of sulfonamides is 1. The molecule has 2 aromatic carbocycles. The average Bonchev–Trinajstić information content (AvgIpc) is 3.14. The molecule has 2 N–H and O–H groups in total. The second-order valence-electron chi connectivity index (χ2n) is 7.16. The van der Waals surface area contributed by atoms with Crippen molar-refractivity contribution in [3.63, 3.8) is 0 Å². The van der Waals surface area contributed by atoms with Crippen molar-refractivity contribution in [2.45, 2.75) is 38.0 Å². The van der Waals surface area contributed by atoms with E-state index in [1.54, 1.807) is 0 Å². The van der Waals surface area contributed by atoms with Crippen LogP contribution in [0.15, 0.2) is 53.4 Å². The van der Waals surface area contributed by atoms with Crippen LogP contribution < -0.4 is 10.0 Å². The Morgan fingerprint density at radius 3 is 2.44 bits per heavy atom. The van der Waals surface area contributed by atoms with Crippen molar-refractivity contribution in [3.05, 3.63) is 64.5 Å². The molecule has 0 unspecified atom stereocenters. The fourth-order valence-electron chi connectivity index (χ4n) is 3.12. The van der Waals surface area contributed by atoms with Gasteiger partial charge in [0.2, 0.25) is 10.0 Å². The Hall–Kier alpha value is -3.06. The maximum absolute atomic E-state index is 12.6. The monoisotopic (exact) mass is 468 g/mol. The maximum Gasteiger partial charge on any atom is 0.257 e. The molecule has 32 heavy (non-hydrogen) atoms. The molecule has 0 fully saturated rings. The highest BCUT2D eigenvalue weighted by atomic mass is 32.2. The molecular formula is C23H24N4O3S2. The van der Waals surface area contributed by atoms with Crippen molar-refractivity contribution < 1.29 is 13.2 Å². The maximum atomic E-state index is 12.6. The Morgan fingerprint density at radius 1 is 1.12 bits per heavy atom. The number of thiazole rings is 1. The fourth-order valence-corrected chi connectivity index (χ4v) is 4.98. The van der Waals surface area contributed by atoms with Gasteiger partial charge in [-0.15, -0.1) is 11.3 Å². The van der Waals surface area contributed by atoms with Crippen LogP contribution in [0.4, 0.5) is 5.13 Å². The van der Waals surface area contributed by atoms with Gasteiger partial charge in [-0.05, 0) is 43.2 Å². The standard InChI is InChI=1S/C23H24N4O3S2/c1-3-5-17-6-8-18(9-7-17)21-16(2)31-23(26-21)27-22(28)19-10-12-20(13-11-19)32(29,30)25-15-4-14-24/h6-13,25H,3-5,15H2,1-2H3,(H,26,27,28). The van der Waals surface area contributed by atoms with Gasteiger partial charge in [-0.2, -0.15) is 5.26 Å². The number of carbonyl (C=O) groups excluding carboxylic acids is 1. The molecule has 0 saturated carbocycles. The molecule has 1 heterocycles. The van der Waals surface area contributed by atoms with E-state index in [0.29, 0.717) is 10.7 Å². The quantitative estimate of drug-likeness (QED) is 0.449. The lowest BCUT2D eigenvalue weighted by Gasteiger charge is -2.06. The molecule has 3 rings (SSSR count). The van der Waals surface area contributed by atoms with Gasteiger partial charge < -0.3 is 0 Å². The largest absolute Gasteiger partial charge is 0.298 e. The summed E-state index contributed by atoms with van der Waals surface area (Å²) in [6.45, 7) is 4.14. The minimum absolute atomic E-state index is 0.0332. The zero-order valence-corrected chi connectivity index (χ0v) is 19.5. The number of anilines is 1. The van der Waals surface area contributed by atoms with Crippen LogP contribution in [0.25, 0.3) is 11.3 Å². The molecule has 9 heteroatoms. The van der Waals surface area contributed by atoms with Crippen LogP contribution in [0.5, 0.6) is 0 Å². The summed E-state index contributed by atoms with van der Waals surface area (Å²) in [6.07, 6.45) is 2.21. The summed E-state index contributed by atoms with van der Waals surface area (Å²) >= 11 is 1.39. The summed E-state index contributed by atoms with van der Waals surface area (Å²) in [5.41, 5.74) is 3.43. The van der Waals surface area contributed by atoms with Gasteiger partial charge in [-0.1, -0.05) is 37.6 Å². The first-order valence-electron chi connectivity index (χ1n) is 10.2. The molecular weight excluding hydrogens is 444 g/mol. The number of hydrogen-bond donors (Lipinski definition) is 2. The van der Waals surface area contributed by atoms with Crippen molar-refractivity contribution in [1.82, 2.24) is 9.71 Å². The van der Waals surface area contributed by atoms with Crippen LogP contribution in [0.1, 0.15) is 40.6 Å². The predicted molar refractivity (Wildman–Crippen MR) is 126 cm³/mol. The second-order valence-corrected chi connectivity index (χ2v) is 10.1. The van der Waals surface area contributed by atoms with E-state index in [1.165, 1.54) is 41.2 Å². The van der Waals surface area contributed by atoms with Crippen LogP contribution in [-0.2, 0) is 16.4 Å². The minimum Gasteiger partial charge on any atom is -0.298 e. The molecule has 0 aliphatic heterocycles. The van der Waals surface area contributed by atoms with Crippen molar-refractivity contribution >= 4 is 32.4 Å². The minimum atomic E-state index is -3.72. The highest BCUT2D eigenvalue weighted by Gasteiger charge is 2.16. The Morgan fingerprint density at radius 2 is 1.81 bits per heavy atom. The number of hydrogen-bond acceptors (Lipinski definition) is 6. The molecule has 166 valence electrons. The SMILES string of the molecule is CCCc1ccc(-c2nc(NC(=O)c3ccc(S(=O)(=O)NCCC#N)cc3)sc2C)cc1. The van der Waals surface area contributed by atoms with Gasteiger partial charge in [0.1, 0.15) is 0 Å². The van der Waals surface area contributed by atoms with Crippen molar-refractivity contribution in [2.24, 2.45) is 0 Å². The van der Waals surface area contributed by atoms with Crippen LogP contribution in [0.2, 0.25) is 0 Å². The van der Waals surface area contributed by atoms with Gasteiger partial charge in [0.05, 0.1) is 16.7 Å². The molecule has 1 aromatic heterocycles. The van der Waals surface area contributed by atoms with E-state index in [4.69, 9.17) is 5.26 Å². The normalized spacial score (nSPS) is 11.2. The van der Waals surface area contributed by atoms with E-state index in [9.17, 15) is 13.2 Å².